The molecule has 0 spiro atoms. The second-order valence-electron chi connectivity index (χ2n) is 4.67. The number of hydrogen-bond acceptors (Lipinski definition) is 4. The molecule has 5 atom stereocenters. The molecule has 5 unspecified atom stereocenters. The summed E-state index contributed by atoms with van der Waals surface area (Å²) in [5.74, 6) is -5.46. The first-order valence-electron chi connectivity index (χ1n) is 4.91. The maximum absolute atomic E-state index is 11.2. The molecule has 0 aromatic carbocycles. The van der Waals surface area contributed by atoms with E-state index in [9.17, 15) is 14.2 Å². The van der Waals surface area contributed by atoms with Gasteiger partial charge in [-0.05, 0) is 12.3 Å². The zero-order valence-electron chi connectivity index (χ0n) is 8.55. The molecule has 0 bridgehead atoms. The molecular weight excluding hydrogens is 253 g/mol. The Morgan fingerprint density at radius 3 is 2.18 bits per heavy atom. The molecule has 0 aliphatic heterocycles. The zero-order valence-corrected chi connectivity index (χ0v) is 9.45. The van der Waals surface area contributed by atoms with Gasteiger partial charge >= 0.3 is 19.5 Å². The fraction of sp³-hybridized carbons (Fsp3) is 0.750. The number of nitrogens with two attached hydrogens (primary N) is 1. The smallest absolute Gasteiger partial charge is 0.329 e. The van der Waals surface area contributed by atoms with Crippen LogP contribution in [0.1, 0.15) is 6.42 Å². The quantitative estimate of drug-likeness (QED) is 0.392. The van der Waals surface area contributed by atoms with E-state index in [4.69, 9.17) is 25.7 Å². The number of aliphatic carboxylic acids is 2. The molecule has 0 saturated heterocycles. The summed E-state index contributed by atoms with van der Waals surface area (Å²) < 4.78 is 11.2. The minimum absolute atomic E-state index is 0.383. The van der Waals surface area contributed by atoms with Gasteiger partial charge in [0, 0.05) is 5.92 Å². The largest absolute Gasteiger partial charge is 0.481 e. The Labute approximate surface area is 95.6 Å². The Bertz CT molecular complexity index is 445. The van der Waals surface area contributed by atoms with E-state index < -0.39 is 48.5 Å². The average Bonchev–Trinajstić information content (AvgIpc) is 2.79. The third-order valence-corrected chi connectivity index (χ3v) is 5.17. The van der Waals surface area contributed by atoms with Crippen LogP contribution in [-0.2, 0) is 14.2 Å². The molecular formula is C8H12NO7P. The molecule has 96 valence electrons. The lowest BCUT2D eigenvalue weighted by Gasteiger charge is -2.24. The van der Waals surface area contributed by atoms with E-state index in [0.29, 0.717) is 0 Å². The van der Waals surface area contributed by atoms with Gasteiger partial charge in [0.1, 0.15) is 5.54 Å². The summed E-state index contributed by atoms with van der Waals surface area (Å²) >= 11 is 0. The molecule has 2 rings (SSSR count). The van der Waals surface area contributed by atoms with Crippen molar-refractivity contribution >= 4 is 19.5 Å². The highest BCUT2D eigenvalue weighted by Gasteiger charge is 2.76. The van der Waals surface area contributed by atoms with Gasteiger partial charge in [0.25, 0.3) is 0 Å². The monoisotopic (exact) mass is 265 g/mol. The van der Waals surface area contributed by atoms with Gasteiger partial charge in [-0.3, -0.25) is 14.2 Å². The van der Waals surface area contributed by atoms with Crippen molar-refractivity contribution < 1.29 is 34.2 Å². The van der Waals surface area contributed by atoms with Crippen LogP contribution in [0.15, 0.2) is 0 Å². The van der Waals surface area contributed by atoms with Crippen molar-refractivity contribution in [2.24, 2.45) is 23.5 Å². The predicted octanol–water partition coefficient (Wildman–Crippen LogP) is -1.33. The van der Waals surface area contributed by atoms with Crippen LogP contribution in [0.25, 0.3) is 0 Å². The summed E-state index contributed by atoms with van der Waals surface area (Å²) in [4.78, 5) is 40.1. The predicted molar refractivity (Wildman–Crippen MR) is 53.1 cm³/mol. The molecule has 8 nitrogen and oxygen atoms in total. The normalized spacial score (nSPS) is 44.2. The minimum Gasteiger partial charge on any atom is -0.481 e. The van der Waals surface area contributed by atoms with Crippen LogP contribution in [-0.4, -0.2) is 43.1 Å². The summed E-state index contributed by atoms with van der Waals surface area (Å²) in [6.45, 7) is 0. The van der Waals surface area contributed by atoms with E-state index in [-0.39, 0.29) is 6.42 Å². The molecule has 9 heteroatoms. The first kappa shape index (κ1) is 12.5. The summed E-state index contributed by atoms with van der Waals surface area (Å²) in [5.41, 5.74) is 2.48. The number of carboxylic acids is 2. The van der Waals surface area contributed by atoms with Crippen LogP contribution in [0.3, 0.4) is 0 Å². The van der Waals surface area contributed by atoms with E-state index in [2.05, 4.69) is 0 Å². The molecule has 0 radical (unpaired) electrons. The molecule has 0 amide bonds. The maximum Gasteiger partial charge on any atom is 0.329 e. The first-order chi connectivity index (χ1) is 7.60. The Morgan fingerprint density at radius 2 is 1.82 bits per heavy atom. The Kier molecular flexibility index (Phi) is 2.42. The van der Waals surface area contributed by atoms with Crippen LogP contribution in [0.2, 0.25) is 0 Å². The summed E-state index contributed by atoms with van der Waals surface area (Å²) in [6, 6.07) is 0. The van der Waals surface area contributed by atoms with Gasteiger partial charge in [0.05, 0.1) is 11.6 Å². The summed E-state index contributed by atoms with van der Waals surface area (Å²) in [7, 11) is -4.53. The van der Waals surface area contributed by atoms with E-state index in [0.717, 1.165) is 0 Å². The van der Waals surface area contributed by atoms with Crippen LogP contribution in [0, 0.1) is 17.8 Å². The maximum atomic E-state index is 11.2. The van der Waals surface area contributed by atoms with Crippen LogP contribution in [0.5, 0.6) is 0 Å². The molecule has 2 aliphatic rings. The SMILES string of the molecule is NC1(C(=O)O)CC(P(=O)(O)O)C2C(C(=O)O)C21. The van der Waals surface area contributed by atoms with Crippen LogP contribution >= 0.6 is 7.60 Å². The second-order valence-corrected chi connectivity index (χ2v) is 6.51. The average molecular weight is 265 g/mol. The van der Waals surface area contributed by atoms with E-state index >= 15 is 0 Å². The summed E-state index contributed by atoms with van der Waals surface area (Å²) in [5, 5.41) is 17.8. The van der Waals surface area contributed by atoms with Crippen molar-refractivity contribution in [2.75, 3.05) is 0 Å². The lowest BCUT2D eigenvalue weighted by molar-refractivity contribution is -0.145. The van der Waals surface area contributed by atoms with Gasteiger partial charge in [-0.2, -0.15) is 0 Å². The Morgan fingerprint density at radius 1 is 1.29 bits per heavy atom. The number of carbonyl (C=O) groups is 2. The molecule has 0 aromatic rings. The zero-order chi connectivity index (χ0) is 13.2. The number of hydrogen-bond donors (Lipinski definition) is 5. The van der Waals surface area contributed by atoms with Crippen molar-refractivity contribution in [3.63, 3.8) is 0 Å². The Balaban J connectivity index is 2.37. The lowest BCUT2D eigenvalue weighted by Crippen LogP contribution is -2.50. The molecule has 6 N–H and O–H groups in total. The van der Waals surface area contributed by atoms with Gasteiger partial charge in [-0.15, -0.1) is 0 Å². The fourth-order valence-corrected chi connectivity index (χ4v) is 4.35. The molecule has 2 saturated carbocycles. The van der Waals surface area contributed by atoms with Crippen molar-refractivity contribution in [1.82, 2.24) is 0 Å². The third kappa shape index (κ3) is 1.60. The molecule has 0 aromatic heterocycles. The first-order valence-corrected chi connectivity index (χ1v) is 6.59. The highest BCUT2D eigenvalue weighted by Crippen LogP contribution is 2.69. The molecule has 2 aliphatic carbocycles. The lowest BCUT2D eigenvalue weighted by atomic mass is 9.91. The van der Waals surface area contributed by atoms with Gasteiger partial charge in [0.2, 0.25) is 0 Å². The second kappa shape index (κ2) is 3.29. The third-order valence-electron chi connectivity index (χ3n) is 3.78. The van der Waals surface area contributed by atoms with Crippen molar-refractivity contribution in [2.45, 2.75) is 17.6 Å². The number of fused-ring (bicyclic) bond motifs is 1. The van der Waals surface area contributed by atoms with Gasteiger partial charge in [0.15, 0.2) is 0 Å². The standard InChI is InChI=1S/C8H12NO7P/c9-8(7(12)13)1-2(17(14,15)16)3-4(5(3)8)6(10)11/h2-5H,1,9H2,(H,10,11)(H,12,13)(H2,14,15,16). The van der Waals surface area contributed by atoms with Crippen molar-refractivity contribution in [3.05, 3.63) is 0 Å². The van der Waals surface area contributed by atoms with Crippen LogP contribution in [0.4, 0.5) is 0 Å². The van der Waals surface area contributed by atoms with Gasteiger partial charge in [-0.25, -0.2) is 0 Å². The fourth-order valence-electron chi connectivity index (χ4n) is 2.99. The van der Waals surface area contributed by atoms with E-state index in [1.165, 1.54) is 0 Å². The van der Waals surface area contributed by atoms with E-state index in [1.807, 2.05) is 0 Å². The highest BCUT2D eigenvalue weighted by molar-refractivity contribution is 7.52. The van der Waals surface area contributed by atoms with Crippen LogP contribution < -0.4 is 5.73 Å². The topological polar surface area (TPSA) is 158 Å². The summed E-state index contributed by atoms with van der Waals surface area (Å²) in [6.07, 6.45) is -0.383. The van der Waals surface area contributed by atoms with Gasteiger partial charge < -0.3 is 25.7 Å². The van der Waals surface area contributed by atoms with Gasteiger partial charge in [-0.1, -0.05) is 0 Å². The van der Waals surface area contributed by atoms with Crippen molar-refractivity contribution in [3.8, 4) is 0 Å². The number of carboxylic acid groups (broad SMARTS) is 2. The van der Waals surface area contributed by atoms with Crippen molar-refractivity contribution in [1.29, 1.82) is 0 Å². The minimum atomic E-state index is -4.53. The molecule has 2 fully saturated rings. The highest BCUT2D eigenvalue weighted by atomic mass is 31.2. The molecule has 0 heterocycles. The van der Waals surface area contributed by atoms with E-state index in [1.54, 1.807) is 0 Å². The Hall–Kier alpha value is -0.950. The number of rotatable bonds is 3. The molecule has 17 heavy (non-hydrogen) atoms.